The highest BCUT2D eigenvalue weighted by atomic mass is 19.1. The number of nitrogens with one attached hydrogen (secondary N) is 2. The molecule has 1 aliphatic rings. The number of carbonyl (C=O) groups excluding carboxylic acids is 1. The fourth-order valence-electron chi connectivity index (χ4n) is 2.02. The highest BCUT2D eigenvalue weighted by molar-refractivity contribution is 5.91. The maximum atomic E-state index is 12.8. The zero-order valence-corrected chi connectivity index (χ0v) is 12.1. The van der Waals surface area contributed by atoms with Crippen LogP contribution in [0.1, 0.15) is 28.9 Å². The molecule has 2 aromatic rings. The van der Waals surface area contributed by atoms with E-state index in [1.54, 1.807) is 18.3 Å². The maximum Gasteiger partial charge on any atom is 0.271 e. The van der Waals surface area contributed by atoms with Crippen molar-refractivity contribution in [1.29, 1.82) is 0 Å². The van der Waals surface area contributed by atoms with E-state index in [0.717, 1.165) is 18.4 Å². The van der Waals surface area contributed by atoms with Crippen LogP contribution in [0.5, 0.6) is 0 Å². The van der Waals surface area contributed by atoms with Crippen LogP contribution in [0.15, 0.2) is 36.7 Å². The lowest BCUT2D eigenvalue weighted by atomic mass is 10.1. The van der Waals surface area contributed by atoms with Crippen LogP contribution in [0.2, 0.25) is 0 Å². The van der Waals surface area contributed by atoms with Gasteiger partial charge in [0.2, 0.25) is 0 Å². The number of hydrogen-bond acceptors (Lipinski definition) is 4. The average molecular weight is 300 g/mol. The van der Waals surface area contributed by atoms with Crippen LogP contribution in [-0.2, 0) is 6.42 Å². The Bertz CT molecular complexity index is 638. The lowest BCUT2D eigenvalue weighted by molar-refractivity contribution is 0.0949. The quantitative estimate of drug-likeness (QED) is 0.858. The van der Waals surface area contributed by atoms with Gasteiger partial charge < -0.3 is 10.6 Å². The van der Waals surface area contributed by atoms with Crippen molar-refractivity contribution in [2.24, 2.45) is 0 Å². The standard InChI is InChI=1S/C16H17FN4O/c17-12-3-1-11(2-4-12)7-8-18-16(22)14-9-20-15(10-19-14)21-13-5-6-13/h1-4,9-10,13H,5-8H2,(H,18,22)(H,20,21). The normalized spacial score (nSPS) is 13.7. The lowest BCUT2D eigenvalue weighted by Gasteiger charge is -2.06. The summed E-state index contributed by atoms with van der Waals surface area (Å²) in [5.74, 6) is 0.181. The molecular weight excluding hydrogens is 283 g/mol. The predicted octanol–water partition coefficient (Wildman–Crippen LogP) is 2.16. The molecule has 5 nitrogen and oxygen atoms in total. The number of halogens is 1. The molecule has 6 heteroatoms. The number of amides is 1. The van der Waals surface area contributed by atoms with Crippen LogP contribution in [0.4, 0.5) is 10.2 Å². The molecule has 1 amide bonds. The van der Waals surface area contributed by atoms with Gasteiger partial charge in [-0.25, -0.2) is 14.4 Å². The highest BCUT2D eigenvalue weighted by Gasteiger charge is 2.21. The lowest BCUT2D eigenvalue weighted by Crippen LogP contribution is -2.26. The minimum absolute atomic E-state index is 0.257. The Morgan fingerprint density at radius 3 is 2.59 bits per heavy atom. The molecule has 2 N–H and O–H groups in total. The second-order valence-electron chi connectivity index (χ2n) is 5.34. The molecule has 1 aromatic carbocycles. The summed E-state index contributed by atoms with van der Waals surface area (Å²) in [6.45, 7) is 0.466. The molecule has 3 rings (SSSR count). The van der Waals surface area contributed by atoms with Crippen LogP contribution in [0.25, 0.3) is 0 Å². The van der Waals surface area contributed by atoms with E-state index in [0.29, 0.717) is 30.5 Å². The Hall–Kier alpha value is -2.50. The molecule has 0 bridgehead atoms. The first kappa shape index (κ1) is 14.4. The number of rotatable bonds is 6. The van der Waals surface area contributed by atoms with Crippen molar-refractivity contribution >= 4 is 11.7 Å². The first-order valence-corrected chi connectivity index (χ1v) is 7.32. The summed E-state index contributed by atoms with van der Waals surface area (Å²) in [5.41, 5.74) is 1.26. The molecule has 1 aromatic heterocycles. The summed E-state index contributed by atoms with van der Waals surface area (Å²) in [7, 11) is 0. The molecule has 114 valence electrons. The molecular formula is C16H17FN4O. The van der Waals surface area contributed by atoms with E-state index in [1.807, 2.05) is 0 Å². The first-order valence-electron chi connectivity index (χ1n) is 7.32. The summed E-state index contributed by atoms with van der Waals surface area (Å²) in [6, 6.07) is 6.74. The minimum Gasteiger partial charge on any atom is -0.366 e. The molecule has 1 heterocycles. The van der Waals surface area contributed by atoms with Gasteiger partial charge in [0.1, 0.15) is 17.3 Å². The van der Waals surface area contributed by atoms with Crippen molar-refractivity contribution in [3.63, 3.8) is 0 Å². The zero-order valence-electron chi connectivity index (χ0n) is 12.1. The molecule has 1 aliphatic carbocycles. The Kier molecular flexibility index (Phi) is 4.27. The van der Waals surface area contributed by atoms with Gasteiger partial charge in [-0.15, -0.1) is 0 Å². The fourth-order valence-corrected chi connectivity index (χ4v) is 2.02. The third-order valence-electron chi connectivity index (χ3n) is 3.43. The molecule has 0 radical (unpaired) electrons. The Balaban J connectivity index is 1.47. The number of nitrogens with zero attached hydrogens (tertiary/aromatic N) is 2. The van der Waals surface area contributed by atoms with Gasteiger partial charge in [-0.3, -0.25) is 4.79 Å². The van der Waals surface area contributed by atoms with Gasteiger partial charge in [0, 0.05) is 12.6 Å². The predicted molar refractivity (Wildman–Crippen MR) is 81.1 cm³/mol. The van der Waals surface area contributed by atoms with Gasteiger partial charge in [-0.2, -0.15) is 0 Å². The topological polar surface area (TPSA) is 66.9 Å². The number of aromatic nitrogens is 2. The molecule has 1 saturated carbocycles. The average Bonchev–Trinajstić information content (AvgIpc) is 3.34. The largest absolute Gasteiger partial charge is 0.366 e. The Morgan fingerprint density at radius 1 is 1.18 bits per heavy atom. The third-order valence-corrected chi connectivity index (χ3v) is 3.43. The van der Waals surface area contributed by atoms with E-state index in [1.165, 1.54) is 18.3 Å². The summed E-state index contributed by atoms with van der Waals surface area (Å²) < 4.78 is 12.8. The van der Waals surface area contributed by atoms with Crippen molar-refractivity contribution < 1.29 is 9.18 Å². The summed E-state index contributed by atoms with van der Waals surface area (Å²) in [6.07, 6.45) is 6.01. The maximum absolute atomic E-state index is 12.8. The van der Waals surface area contributed by atoms with Crippen molar-refractivity contribution in [1.82, 2.24) is 15.3 Å². The molecule has 0 aliphatic heterocycles. The van der Waals surface area contributed by atoms with Crippen molar-refractivity contribution in [2.45, 2.75) is 25.3 Å². The SMILES string of the molecule is O=C(NCCc1ccc(F)cc1)c1cnc(NC2CC2)cn1. The van der Waals surface area contributed by atoms with Crippen LogP contribution in [0.3, 0.4) is 0 Å². The zero-order chi connectivity index (χ0) is 15.4. The van der Waals surface area contributed by atoms with Crippen molar-refractivity contribution in [2.75, 3.05) is 11.9 Å². The molecule has 1 fully saturated rings. The number of carbonyl (C=O) groups is 1. The van der Waals surface area contributed by atoms with Crippen LogP contribution >= 0.6 is 0 Å². The number of hydrogen-bond donors (Lipinski definition) is 2. The second kappa shape index (κ2) is 6.51. The van der Waals surface area contributed by atoms with Gasteiger partial charge in [-0.05, 0) is 37.0 Å². The number of benzene rings is 1. The van der Waals surface area contributed by atoms with Crippen LogP contribution in [-0.4, -0.2) is 28.5 Å². The monoisotopic (exact) mass is 300 g/mol. The van der Waals surface area contributed by atoms with Crippen LogP contribution < -0.4 is 10.6 Å². The summed E-state index contributed by atoms with van der Waals surface area (Å²) >= 11 is 0. The van der Waals surface area contributed by atoms with E-state index in [9.17, 15) is 9.18 Å². The van der Waals surface area contributed by atoms with Gasteiger partial charge in [-0.1, -0.05) is 12.1 Å². The Labute approximate surface area is 128 Å². The Morgan fingerprint density at radius 2 is 1.95 bits per heavy atom. The fraction of sp³-hybridized carbons (Fsp3) is 0.312. The van der Waals surface area contributed by atoms with Crippen LogP contribution in [0, 0.1) is 5.82 Å². The second-order valence-corrected chi connectivity index (χ2v) is 5.34. The smallest absolute Gasteiger partial charge is 0.271 e. The number of anilines is 1. The molecule has 0 unspecified atom stereocenters. The van der Waals surface area contributed by atoms with Crippen molar-refractivity contribution in [3.8, 4) is 0 Å². The van der Waals surface area contributed by atoms with Crippen molar-refractivity contribution in [3.05, 3.63) is 53.7 Å². The highest BCUT2D eigenvalue weighted by Crippen LogP contribution is 2.23. The summed E-state index contributed by atoms with van der Waals surface area (Å²) in [4.78, 5) is 20.2. The molecule has 0 spiro atoms. The first-order chi connectivity index (χ1) is 10.7. The molecule has 0 atom stereocenters. The molecule has 0 saturated heterocycles. The third kappa shape index (κ3) is 4.00. The van der Waals surface area contributed by atoms with E-state index in [2.05, 4.69) is 20.6 Å². The van der Waals surface area contributed by atoms with Gasteiger partial charge in [0.15, 0.2) is 0 Å². The van der Waals surface area contributed by atoms with E-state index < -0.39 is 0 Å². The summed E-state index contributed by atoms with van der Waals surface area (Å²) in [5, 5.41) is 5.99. The van der Waals surface area contributed by atoms with Gasteiger partial charge >= 0.3 is 0 Å². The molecule has 22 heavy (non-hydrogen) atoms. The van der Waals surface area contributed by atoms with E-state index >= 15 is 0 Å². The minimum atomic E-state index is -0.261. The van der Waals surface area contributed by atoms with Gasteiger partial charge in [0.05, 0.1) is 12.4 Å². The van der Waals surface area contributed by atoms with E-state index in [4.69, 9.17) is 0 Å². The van der Waals surface area contributed by atoms with E-state index in [-0.39, 0.29) is 11.7 Å². The van der Waals surface area contributed by atoms with Gasteiger partial charge in [0.25, 0.3) is 5.91 Å².